The fraction of sp³-hybridized carbons (Fsp3) is 0.407. The Bertz CT molecular complexity index is 1110. The van der Waals surface area contributed by atoms with E-state index in [0.717, 1.165) is 48.9 Å². The molecule has 1 fully saturated rings. The molecular weight excluding hydrogens is 464 g/mol. The van der Waals surface area contributed by atoms with Crippen LogP contribution in [0.2, 0.25) is 5.02 Å². The van der Waals surface area contributed by atoms with E-state index >= 15 is 0 Å². The van der Waals surface area contributed by atoms with Crippen molar-refractivity contribution < 1.29 is 14.3 Å². The maximum Gasteiger partial charge on any atom is 0.338 e. The fourth-order valence-electron chi connectivity index (χ4n) is 4.68. The molecule has 2 aliphatic heterocycles. The Morgan fingerprint density at radius 1 is 1.09 bits per heavy atom. The van der Waals surface area contributed by atoms with Crippen molar-refractivity contribution in [1.29, 1.82) is 0 Å². The number of aryl methyl sites for hydroxylation is 2. The maximum atomic E-state index is 13.1. The van der Waals surface area contributed by atoms with Gasteiger partial charge < -0.3 is 20.3 Å². The van der Waals surface area contributed by atoms with E-state index in [-0.39, 0.29) is 12.6 Å². The molecule has 4 rings (SSSR count). The first-order valence-corrected chi connectivity index (χ1v) is 12.6. The summed E-state index contributed by atoms with van der Waals surface area (Å²) >= 11 is 6.23. The standard InChI is InChI=1S/C27H33ClN4O3/c1-4-19-7-9-20(10-8-19)25-24(26(33)35-5-2)22(29-27(34)30-25)17-31-12-14-32(15-13-31)23-16-21(28)11-6-18(23)3/h6-11,16,25H,4-5,12-15,17H2,1-3H3,(H2,29,30,34). The first-order chi connectivity index (χ1) is 16.9. The summed E-state index contributed by atoms with van der Waals surface area (Å²) in [4.78, 5) is 30.3. The topological polar surface area (TPSA) is 73.9 Å². The summed E-state index contributed by atoms with van der Waals surface area (Å²) in [5.74, 6) is -0.409. The number of amides is 2. The van der Waals surface area contributed by atoms with Gasteiger partial charge in [-0.2, -0.15) is 0 Å². The number of nitrogens with zero attached hydrogens (tertiary/aromatic N) is 2. The van der Waals surface area contributed by atoms with Crippen molar-refractivity contribution in [3.63, 3.8) is 0 Å². The van der Waals surface area contributed by atoms with Gasteiger partial charge in [-0.3, -0.25) is 4.90 Å². The van der Waals surface area contributed by atoms with E-state index in [9.17, 15) is 9.59 Å². The highest BCUT2D eigenvalue weighted by Gasteiger charge is 2.34. The predicted molar refractivity (Wildman–Crippen MR) is 139 cm³/mol. The molecule has 2 aromatic rings. The summed E-state index contributed by atoms with van der Waals surface area (Å²) in [6.07, 6.45) is 0.922. The molecule has 0 radical (unpaired) electrons. The zero-order chi connectivity index (χ0) is 24.9. The van der Waals surface area contributed by atoms with Gasteiger partial charge in [-0.1, -0.05) is 48.9 Å². The van der Waals surface area contributed by atoms with Crippen molar-refractivity contribution in [3.05, 3.63) is 75.4 Å². The summed E-state index contributed by atoms with van der Waals surface area (Å²) in [5.41, 5.74) is 5.46. The average Bonchev–Trinajstić information content (AvgIpc) is 2.86. The lowest BCUT2D eigenvalue weighted by Crippen LogP contribution is -2.52. The molecule has 2 aromatic carbocycles. The molecule has 35 heavy (non-hydrogen) atoms. The molecule has 2 heterocycles. The molecule has 1 saturated heterocycles. The van der Waals surface area contributed by atoms with Crippen LogP contribution in [-0.2, 0) is 16.0 Å². The lowest BCUT2D eigenvalue weighted by Gasteiger charge is -2.38. The number of piperazine rings is 1. The molecule has 0 saturated carbocycles. The summed E-state index contributed by atoms with van der Waals surface area (Å²) in [5, 5.41) is 6.54. The largest absolute Gasteiger partial charge is 0.463 e. The van der Waals surface area contributed by atoms with E-state index in [1.165, 1.54) is 11.1 Å². The zero-order valence-electron chi connectivity index (χ0n) is 20.6. The number of hydrogen-bond acceptors (Lipinski definition) is 5. The second-order valence-corrected chi connectivity index (χ2v) is 9.37. The van der Waals surface area contributed by atoms with Crippen LogP contribution in [0.5, 0.6) is 0 Å². The quantitative estimate of drug-likeness (QED) is 0.562. The van der Waals surface area contributed by atoms with E-state index in [0.29, 0.717) is 17.8 Å². The van der Waals surface area contributed by atoms with Gasteiger partial charge in [-0.25, -0.2) is 9.59 Å². The zero-order valence-corrected chi connectivity index (χ0v) is 21.3. The van der Waals surface area contributed by atoms with E-state index in [2.05, 4.69) is 34.3 Å². The Morgan fingerprint density at radius 3 is 2.46 bits per heavy atom. The first kappa shape index (κ1) is 25.1. The molecule has 8 heteroatoms. The van der Waals surface area contributed by atoms with E-state index in [1.807, 2.05) is 42.5 Å². The van der Waals surface area contributed by atoms with Gasteiger partial charge in [0.05, 0.1) is 18.2 Å². The van der Waals surface area contributed by atoms with Gasteiger partial charge in [0.2, 0.25) is 0 Å². The minimum absolute atomic E-state index is 0.267. The Balaban J connectivity index is 1.56. The Morgan fingerprint density at radius 2 is 1.80 bits per heavy atom. The van der Waals surface area contributed by atoms with Crippen molar-refractivity contribution in [1.82, 2.24) is 15.5 Å². The van der Waals surface area contributed by atoms with Gasteiger partial charge >= 0.3 is 12.0 Å². The van der Waals surface area contributed by atoms with Crippen LogP contribution >= 0.6 is 11.6 Å². The molecule has 0 spiro atoms. The number of esters is 1. The SMILES string of the molecule is CCOC(=O)C1=C(CN2CCN(c3cc(Cl)ccc3C)CC2)NC(=O)NC1c1ccc(CC)cc1. The van der Waals surface area contributed by atoms with Crippen LogP contribution in [0, 0.1) is 6.92 Å². The number of rotatable bonds is 7. The van der Waals surface area contributed by atoms with Gasteiger partial charge in [0.1, 0.15) is 0 Å². The van der Waals surface area contributed by atoms with Gasteiger partial charge in [-0.05, 0) is 49.1 Å². The smallest absolute Gasteiger partial charge is 0.338 e. The number of carbonyl (C=O) groups is 2. The third kappa shape index (κ3) is 5.80. The van der Waals surface area contributed by atoms with E-state index < -0.39 is 12.0 Å². The number of benzene rings is 2. The van der Waals surface area contributed by atoms with Crippen molar-refractivity contribution in [2.24, 2.45) is 0 Å². The second-order valence-electron chi connectivity index (χ2n) is 8.93. The minimum Gasteiger partial charge on any atom is -0.463 e. The molecule has 2 amide bonds. The van der Waals surface area contributed by atoms with Gasteiger partial charge in [0, 0.05) is 49.1 Å². The van der Waals surface area contributed by atoms with Crippen molar-refractivity contribution in [2.45, 2.75) is 33.2 Å². The molecule has 1 unspecified atom stereocenters. The first-order valence-electron chi connectivity index (χ1n) is 12.2. The van der Waals surface area contributed by atoms with Crippen molar-refractivity contribution >= 4 is 29.3 Å². The number of halogens is 1. The minimum atomic E-state index is -0.556. The average molecular weight is 497 g/mol. The molecule has 0 aliphatic carbocycles. The van der Waals surface area contributed by atoms with Crippen LogP contribution in [0.3, 0.4) is 0 Å². The Labute approximate surface area is 212 Å². The normalized spacial score (nSPS) is 18.8. The van der Waals surface area contributed by atoms with Crippen LogP contribution in [-0.4, -0.2) is 56.2 Å². The van der Waals surface area contributed by atoms with Gasteiger partial charge in [0.15, 0.2) is 0 Å². The summed E-state index contributed by atoms with van der Waals surface area (Å²) < 4.78 is 5.40. The fourth-order valence-corrected chi connectivity index (χ4v) is 4.85. The Hall–Kier alpha value is -3.03. The highest BCUT2D eigenvalue weighted by Crippen LogP contribution is 2.29. The molecular formula is C27H33ClN4O3. The highest BCUT2D eigenvalue weighted by molar-refractivity contribution is 6.30. The second kappa shape index (κ2) is 11.1. The van der Waals surface area contributed by atoms with Gasteiger partial charge in [0.25, 0.3) is 0 Å². The van der Waals surface area contributed by atoms with Crippen LogP contribution in [0.4, 0.5) is 10.5 Å². The highest BCUT2D eigenvalue weighted by atomic mass is 35.5. The molecule has 0 bridgehead atoms. The maximum absolute atomic E-state index is 13.1. The Kier molecular flexibility index (Phi) is 7.98. The van der Waals surface area contributed by atoms with Crippen molar-refractivity contribution in [3.8, 4) is 0 Å². The monoisotopic (exact) mass is 496 g/mol. The van der Waals surface area contributed by atoms with E-state index in [1.54, 1.807) is 6.92 Å². The molecule has 2 N–H and O–H groups in total. The number of carbonyl (C=O) groups excluding carboxylic acids is 2. The summed E-state index contributed by atoms with van der Waals surface area (Å²) in [7, 11) is 0. The molecule has 2 aliphatic rings. The third-order valence-corrected chi connectivity index (χ3v) is 6.87. The van der Waals surface area contributed by atoms with Gasteiger partial charge in [-0.15, -0.1) is 0 Å². The number of hydrogen-bond donors (Lipinski definition) is 2. The molecule has 186 valence electrons. The lowest BCUT2D eigenvalue weighted by atomic mass is 9.94. The summed E-state index contributed by atoms with van der Waals surface area (Å²) in [6, 6.07) is 13.1. The number of ether oxygens (including phenoxy) is 1. The van der Waals surface area contributed by atoms with Crippen LogP contribution < -0.4 is 15.5 Å². The van der Waals surface area contributed by atoms with E-state index in [4.69, 9.17) is 16.3 Å². The van der Waals surface area contributed by atoms with Crippen molar-refractivity contribution in [2.75, 3.05) is 44.2 Å². The third-order valence-electron chi connectivity index (χ3n) is 6.64. The molecule has 0 aromatic heterocycles. The summed E-state index contributed by atoms with van der Waals surface area (Å²) in [6.45, 7) is 9.96. The van der Waals surface area contributed by atoms with Crippen LogP contribution in [0.15, 0.2) is 53.7 Å². The lowest BCUT2D eigenvalue weighted by molar-refractivity contribution is -0.139. The predicted octanol–water partition coefficient (Wildman–Crippen LogP) is 4.20. The van der Waals surface area contributed by atoms with Crippen LogP contribution in [0.25, 0.3) is 0 Å². The number of nitrogens with one attached hydrogen (secondary N) is 2. The molecule has 1 atom stereocenters. The van der Waals surface area contributed by atoms with Crippen LogP contribution in [0.1, 0.15) is 36.6 Å². The number of anilines is 1. The molecule has 7 nitrogen and oxygen atoms in total. The number of urea groups is 1.